The average molecular weight is 460 g/mol. The van der Waals surface area contributed by atoms with Gasteiger partial charge in [0.2, 0.25) is 0 Å². The number of nitrogens with two attached hydrogens (primary N) is 1. The molecule has 0 bridgehead atoms. The number of nitrogen functional groups attached to an aromatic ring is 1. The molecule has 176 valence electrons. The smallest absolute Gasteiger partial charge is 0.334 e. The molecule has 0 unspecified atom stereocenters. The first kappa shape index (κ1) is 23.1. The standard InChI is InChI=1S/C26H29N5O3/c1-4-17-33-18-30(23-10-7-6-9-22(23)27)19(3)34-21-14-12-20(13-15-21)31-25-24(11-8-16-28-25)29(5-2)26(31)32/h6-16H,3-5,17-18,27H2,1-2H3. The van der Waals surface area contributed by atoms with Gasteiger partial charge in [-0.15, -0.1) is 0 Å². The van der Waals surface area contributed by atoms with Crippen molar-refractivity contribution in [3.8, 4) is 11.4 Å². The third kappa shape index (κ3) is 4.53. The highest BCUT2D eigenvalue weighted by molar-refractivity contribution is 5.73. The van der Waals surface area contributed by atoms with E-state index in [4.69, 9.17) is 15.2 Å². The molecule has 2 heterocycles. The molecule has 0 fully saturated rings. The number of anilines is 2. The van der Waals surface area contributed by atoms with Crippen LogP contribution in [-0.4, -0.2) is 27.5 Å². The molecule has 0 atom stereocenters. The zero-order chi connectivity index (χ0) is 24.1. The summed E-state index contributed by atoms with van der Waals surface area (Å²) in [6.45, 7) is 9.52. The van der Waals surface area contributed by atoms with Crippen molar-refractivity contribution in [3.05, 3.63) is 89.8 Å². The van der Waals surface area contributed by atoms with Crippen molar-refractivity contribution < 1.29 is 9.47 Å². The van der Waals surface area contributed by atoms with Crippen molar-refractivity contribution in [2.24, 2.45) is 0 Å². The number of hydrogen-bond donors (Lipinski definition) is 1. The maximum absolute atomic E-state index is 13.0. The lowest BCUT2D eigenvalue weighted by molar-refractivity contribution is 0.132. The molecule has 4 aromatic rings. The zero-order valence-corrected chi connectivity index (χ0v) is 19.5. The van der Waals surface area contributed by atoms with Crippen LogP contribution in [0.25, 0.3) is 16.9 Å². The van der Waals surface area contributed by atoms with Crippen molar-refractivity contribution in [3.63, 3.8) is 0 Å². The lowest BCUT2D eigenvalue weighted by atomic mass is 10.2. The molecule has 2 N–H and O–H groups in total. The summed E-state index contributed by atoms with van der Waals surface area (Å²) in [5.41, 5.74) is 9.52. The zero-order valence-electron chi connectivity index (χ0n) is 19.5. The Balaban J connectivity index is 1.59. The molecule has 2 aromatic heterocycles. The summed E-state index contributed by atoms with van der Waals surface area (Å²) in [4.78, 5) is 19.2. The quantitative estimate of drug-likeness (QED) is 0.162. The predicted octanol–water partition coefficient (Wildman–Crippen LogP) is 4.53. The fourth-order valence-electron chi connectivity index (χ4n) is 3.79. The first-order valence-corrected chi connectivity index (χ1v) is 11.3. The van der Waals surface area contributed by atoms with Crippen molar-refractivity contribution in [2.75, 3.05) is 24.0 Å². The Labute approximate surface area is 198 Å². The SMILES string of the molecule is C=C(Oc1ccc(-n2c(=O)n(CC)c3cccnc32)cc1)N(COCCC)c1ccccc1N. The van der Waals surface area contributed by atoms with Gasteiger partial charge in [0.1, 0.15) is 12.5 Å². The van der Waals surface area contributed by atoms with E-state index in [9.17, 15) is 4.79 Å². The number of aromatic nitrogens is 3. The van der Waals surface area contributed by atoms with E-state index in [1.807, 2.05) is 62.4 Å². The van der Waals surface area contributed by atoms with Crippen LogP contribution in [0.5, 0.6) is 5.75 Å². The third-order valence-corrected chi connectivity index (χ3v) is 5.44. The third-order valence-electron chi connectivity index (χ3n) is 5.44. The Morgan fingerprint density at radius 2 is 1.85 bits per heavy atom. The maximum atomic E-state index is 13.0. The minimum Gasteiger partial charge on any atom is -0.441 e. The summed E-state index contributed by atoms with van der Waals surface area (Å²) < 4.78 is 15.1. The van der Waals surface area contributed by atoms with E-state index >= 15 is 0 Å². The maximum Gasteiger partial charge on any atom is 0.334 e. The Kier molecular flexibility index (Phi) is 6.98. The monoisotopic (exact) mass is 459 g/mol. The van der Waals surface area contributed by atoms with Crippen LogP contribution >= 0.6 is 0 Å². The number of rotatable bonds is 10. The van der Waals surface area contributed by atoms with E-state index in [-0.39, 0.29) is 12.4 Å². The van der Waals surface area contributed by atoms with Crippen molar-refractivity contribution in [1.29, 1.82) is 0 Å². The highest BCUT2D eigenvalue weighted by Gasteiger charge is 2.17. The highest BCUT2D eigenvalue weighted by Crippen LogP contribution is 2.27. The summed E-state index contributed by atoms with van der Waals surface area (Å²) in [7, 11) is 0. The Morgan fingerprint density at radius 1 is 1.09 bits per heavy atom. The molecule has 0 spiro atoms. The lowest BCUT2D eigenvalue weighted by Gasteiger charge is -2.27. The van der Waals surface area contributed by atoms with Gasteiger partial charge < -0.3 is 15.2 Å². The molecule has 8 heteroatoms. The second kappa shape index (κ2) is 10.3. The number of aryl methyl sites for hydroxylation is 1. The molecular formula is C26H29N5O3. The van der Waals surface area contributed by atoms with Gasteiger partial charge in [-0.05, 0) is 68.5 Å². The fourth-order valence-corrected chi connectivity index (χ4v) is 3.79. The molecule has 0 saturated heterocycles. The molecule has 4 rings (SSSR count). The number of fused-ring (bicyclic) bond motifs is 1. The summed E-state index contributed by atoms with van der Waals surface area (Å²) in [5.74, 6) is 0.951. The first-order chi connectivity index (χ1) is 16.5. The fraction of sp³-hybridized carbons (Fsp3) is 0.231. The summed E-state index contributed by atoms with van der Waals surface area (Å²) in [6, 6.07) is 18.5. The van der Waals surface area contributed by atoms with Crippen LogP contribution in [0.3, 0.4) is 0 Å². The molecule has 2 aromatic carbocycles. The van der Waals surface area contributed by atoms with E-state index in [0.717, 1.165) is 17.6 Å². The molecule has 0 aliphatic rings. The van der Waals surface area contributed by atoms with Crippen LogP contribution in [0, 0.1) is 0 Å². The molecule has 8 nitrogen and oxygen atoms in total. The number of pyridine rings is 1. The molecule has 0 radical (unpaired) electrons. The predicted molar refractivity (Wildman–Crippen MR) is 135 cm³/mol. The van der Waals surface area contributed by atoms with Crippen molar-refractivity contribution in [1.82, 2.24) is 14.1 Å². The van der Waals surface area contributed by atoms with Gasteiger partial charge in [0, 0.05) is 19.3 Å². The van der Waals surface area contributed by atoms with Crippen molar-refractivity contribution >= 4 is 22.5 Å². The Morgan fingerprint density at radius 3 is 2.56 bits per heavy atom. The minimum absolute atomic E-state index is 0.131. The number of imidazole rings is 1. The van der Waals surface area contributed by atoms with Gasteiger partial charge in [0.05, 0.1) is 22.6 Å². The molecule has 0 aliphatic carbocycles. The van der Waals surface area contributed by atoms with Crippen LogP contribution in [0.4, 0.5) is 11.4 Å². The minimum atomic E-state index is -0.131. The van der Waals surface area contributed by atoms with Crippen LogP contribution in [0.15, 0.2) is 84.1 Å². The first-order valence-electron chi connectivity index (χ1n) is 11.3. The number of nitrogens with zero attached hydrogens (tertiary/aromatic N) is 4. The van der Waals surface area contributed by atoms with Crippen LogP contribution in [0.2, 0.25) is 0 Å². The second-order valence-corrected chi connectivity index (χ2v) is 7.72. The molecule has 34 heavy (non-hydrogen) atoms. The van der Waals surface area contributed by atoms with Gasteiger partial charge in [-0.1, -0.05) is 19.1 Å². The Bertz CT molecular complexity index is 1340. The highest BCUT2D eigenvalue weighted by atomic mass is 16.5. The van der Waals surface area contributed by atoms with Gasteiger partial charge >= 0.3 is 5.69 Å². The van der Waals surface area contributed by atoms with Gasteiger partial charge in [-0.2, -0.15) is 0 Å². The number of hydrogen-bond acceptors (Lipinski definition) is 6. The van der Waals surface area contributed by atoms with Crippen LogP contribution in [-0.2, 0) is 11.3 Å². The lowest BCUT2D eigenvalue weighted by Crippen LogP contribution is -2.29. The summed E-state index contributed by atoms with van der Waals surface area (Å²) >= 11 is 0. The summed E-state index contributed by atoms with van der Waals surface area (Å²) in [5, 5.41) is 0. The Hall–Kier alpha value is -4.04. The number of ether oxygens (including phenoxy) is 2. The van der Waals surface area contributed by atoms with E-state index in [1.165, 1.54) is 0 Å². The normalized spacial score (nSPS) is 11.0. The van der Waals surface area contributed by atoms with E-state index < -0.39 is 0 Å². The van der Waals surface area contributed by atoms with Crippen LogP contribution < -0.4 is 21.1 Å². The van der Waals surface area contributed by atoms with Gasteiger partial charge in [-0.3, -0.25) is 9.47 Å². The van der Waals surface area contributed by atoms with E-state index in [2.05, 4.69) is 11.6 Å². The average Bonchev–Trinajstić information content (AvgIpc) is 3.14. The number of benzene rings is 2. The second-order valence-electron chi connectivity index (χ2n) is 7.72. The largest absolute Gasteiger partial charge is 0.441 e. The van der Waals surface area contributed by atoms with Crippen molar-refractivity contribution in [2.45, 2.75) is 26.8 Å². The van der Waals surface area contributed by atoms with Gasteiger partial charge in [-0.25, -0.2) is 14.3 Å². The van der Waals surface area contributed by atoms with Gasteiger partial charge in [0.25, 0.3) is 0 Å². The molecule has 0 amide bonds. The number of para-hydroxylation sites is 2. The van der Waals surface area contributed by atoms with Gasteiger partial charge in [0.15, 0.2) is 11.5 Å². The molecule has 0 aliphatic heterocycles. The van der Waals surface area contributed by atoms with E-state index in [1.54, 1.807) is 32.4 Å². The van der Waals surface area contributed by atoms with E-state index in [0.29, 0.717) is 41.8 Å². The van der Waals surface area contributed by atoms with Crippen LogP contribution in [0.1, 0.15) is 20.3 Å². The molecular weight excluding hydrogens is 430 g/mol. The summed E-state index contributed by atoms with van der Waals surface area (Å²) in [6.07, 6.45) is 2.58. The topological polar surface area (TPSA) is 87.5 Å². The molecule has 0 saturated carbocycles.